The van der Waals surface area contributed by atoms with Crippen LogP contribution in [-0.2, 0) is 62.2 Å². The minimum Gasteiger partial charge on any atom is -0.493 e. The first-order valence-electron chi connectivity index (χ1n) is 35.4. The Kier molecular flexibility index (Phi) is 32.8. The molecule has 0 spiro atoms. The lowest BCUT2D eigenvalue weighted by atomic mass is 9.93. The SMILES string of the molecule is CC[C@@H]1NC(=O)[C@H]([C@@H]2O[C@@H](Sc3cccc(OCC4CCOCC4)c3)C[C@H]2C)N(C)C(=O)[C@H](C(C)C)N(C)C(=O)[C@H](CC(C)C)N(C)C(=O)[C@H](CC(C)C)N(C)C(=O)[C@@H](C)NC(=O)[C@H](C)NC(=O)[C@H](CC(C)C)N(C)C(=O)[C@H](C(C)C)NC(=O)[C@H](CC(C)C)N(C)C(=O)CN(C)C1=O. The van der Waals surface area contributed by atoms with E-state index in [0.717, 1.165) is 17.7 Å². The fraction of sp³-hybridized carbons (Fsp3) is 0.764. The molecule has 3 heterocycles. The van der Waals surface area contributed by atoms with Gasteiger partial charge in [0.2, 0.25) is 65.0 Å². The number of carbonyl (C=O) groups is 11. The van der Waals surface area contributed by atoms with Crippen molar-refractivity contribution in [3.63, 3.8) is 0 Å². The van der Waals surface area contributed by atoms with Crippen LogP contribution in [0.4, 0.5) is 0 Å². The number of ether oxygens (including phenoxy) is 3. The summed E-state index contributed by atoms with van der Waals surface area (Å²) in [4.78, 5) is 173. The van der Waals surface area contributed by atoms with Gasteiger partial charge < -0.3 is 69.8 Å². The van der Waals surface area contributed by atoms with E-state index in [4.69, 9.17) is 14.2 Å². The molecule has 11 amide bonds. The minimum atomic E-state index is -1.40. The van der Waals surface area contributed by atoms with Crippen LogP contribution in [-0.4, -0.2) is 247 Å². The predicted molar refractivity (Wildman–Crippen MR) is 378 cm³/mol. The highest BCUT2D eigenvalue weighted by molar-refractivity contribution is 7.99. The van der Waals surface area contributed by atoms with Crippen LogP contribution in [0.1, 0.15) is 162 Å². The number of rotatable bonds is 17. The van der Waals surface area contributed by atoms with Crippen LogP contribution in [0.3, 0.4) is 0 Å². The van der Waals surface area contributed by atoms with E-state index in [9.17, 15) is 33.6 Å². The van der Waals surface area contributed by atoms with Crippen LogP contribution in [0.15, 0.2) is 29.2 Å². The Balaban J connectivity index is 1.88. The van der Waals surface area contributed by atoms with Gasteiger partial charge in [-0.1, -0.05) is 115 Å². The van der Waals surface area contributed by atoms with Crippen LogP contribution in [0.5, 0.6) is 5.75 Å². The average Bonchev–Trinajstić information content (AvgIpc) is 1.39. The maximum atomic E-state index is 15.7. The predicted octanol–water partition coefficient (Wildman–Crippen LogP) is 5.65. The topological polar surface area (TPSA) is 286 Å². The zero-order chi connectivity index (χ0) is 74.1. The molecular formula is C72H121N11O14S. The van der Waals surface area contributed by atoms with Crippen LogP contribution < -0.4 is 26.0 Å². The van der Waals surface area contributed by atoms with Gasteiger partial charge in [-0.2, -0.15) is 0 Å². The summed E-state index contributed by atoms with van der Waals surface area (Å²) in [5.74, 6) is -8.00. The molecule has 1 aromatic carbocycles. The molecule has 4 N–H and O–H groups in total. The molecule has 3 fully saturated rings. The largest absolute Gasteiger partial charge is 0.493 e. The van der Waals surface area contributed by atoms with Gasteiger partial charge in [-0.05, 0) is 131 Å². The van der Waals surface area contributed by atoms with E-state index < -0.39 is 155 Å². The number of hydrogen-bond donors (Lipinski definition) is 4. The zero-order valence-corrected chi connectivity index (χ0v) is 63.9. The Morgan fingerprint density at radius 1 is 0.531 bits per heavy atom. The van der Waals surface area contributed by atoms with Gasteiger partial charge in [-0.3, -0.25) is 52.7 Å². The molecule has 13 atom stereocenters. The number of carbonyl (C=O) groups excluding carboxylic acids is 11. The maximum Gasteiger partial charge on any atom is 0.246 e. The Bertz CT molecular complexity index is 2890. The fourth-order valence-corrected chi connectivity index (χ4v) is 14.3. The summed E-state index contributed by atoms with van der Waals surface area (Å²) >= 11 is 1.45. The highest BCUT2D eigenvalue weighted by Crippen LogP contribution is 2.40. The summed E-state index contributed by atoms with van der Waals surface area (Å²) in [5, 5.41) is 11.2. The van der Waals surface area contributed by atoms with E-state index in [2.05, 4.69) is 21.3 Å². The molecule has 3 saturated heterocycles. The number of hydrogen-bond acceptors (Lipinski definition) is 15. The van der Waals surface area contributed by atoms with Gasteiger partial charge in [0.15, 0.2) is 0 Å². The van der Waals surface area contributed by atoms with E-state index in [1.165, 1.54) is 109 Å². The van der Waals surface area contributed by atoms with Crippen molar-refractivity contribution in [2.75, 3.05) is 75.7 Å². The molecule has 4 rings (SSSR count). The van der Waals surface area contributed by atoms with Gasteiger partial charge in [0, 0.05) is 67.4 Å². The Morgan fingerprint density at radius 3 is 1.56 bits per heavy atom. The molecule has 26 heteroatoms. The molecule has 1 aromatic rings. The first-order valence-corrected chi connectivity index (χ1v) is 36.3. The van der Waals surface area contributed by atoms with E-state index in [-0.39, 0.29) is 61.7 Å². The molecule has 0 saturated carbocycles. The normalized spacial score (nSPS) is 28.3. The third-order valence-electron chi connectivity index (χ3n) is 19.1. The molecule has 0 bridgehead atoms. The second kappa shape index (κ2) is 38.3. The van der Waals surface area contributed by atoms with Crippen molar-refractivity contribution in [3.8, 4) is 5.75 Å². The number of thioether (sulfide) groups is 1. The molecule has 554 valence electrons. The summed E-state index contributed by atoms with van der Waals surface area (Å²) < 4.78 is 18.7. The monoisotopic (exact) mass is 1400 g/mol. The highest BCUT2D eigenvalue weighted by Gasteiger charge is 2.49. The standard InChI is InChI=1S/C72H121N11O14S/c1-24-52-68(90)77(17)38-57(84)78(18)53(32-40(2)3)65(87)76-59(44(10)11)71(93)79(19)54(33-41(4)5)64(86)73-47(15)63(85)74-48(16)67(89)80(20)55(34-42(6)7)69(91)81(21)56(35-43(8)9)70(92)82(22)60(45(12)13)72(94)83(23)61(66(88)75-52)62-46(14)36-58(97-62)98-51-27-25-26-50(37-51)96-39-49-28-30-95-31-29-49/h25-27,37,40-49,52-56,58-62H,24,28-36,38-39H2,1-23H3,(H,73,86)(H,74,85)(H,75,88)(H,76,87)/t46-,47+,48-,52+,53+,54+,55+,56+,58+,59+,60+,61+,62-/m1/s1. The summed E-state index contributed by atoms with van der Waals surface area (Å²) in [6.07, 6.45) is 2.02. The maximum absolute atomic E-state index is 15.7. The van der Waals surface area contributed by atoms with Gasteiger partial charge in [-0.15, -0.1) is 0 Å². The molecule has 25 nitrogen and oxygen atoms in total. The van der Waals surface area contributed by atoms with E-state index >= 15 is 19.2 Å². The molecule has 3 aliphatic heterocycles. The van der Waals surface area contributed by atoms with Crippen LogP contribution in [0.2, 0.25) is 0 Å². The quantitative estimate of drug-likeness (QED) is 0.147. The summed E-state index contributed by atoms with van der Waals surface area (Å²) in [6.45, 7) is 30.0. The fourth-order valence-electron chi connectivity index (χ4n) is 13.0. The molecule has 0 unspecified atom stereocenters. The van der Waals surface area contributed by atoms with Crippen molar-refractivity contribution in [3.05, 3.63) is 24.3 Å². The first-order chi connectivity index (χ1) is 45.7. The lowest BCUT2D eigenvalue weighted by Gasteiger charge is -2.41. The number of nitrogens with one attached hydrogen (secondary N) is 4. The van der Waals surface area contributed by atoms with Crippen molar-refractivity contribution < 1.29 is 67.0 Å². The Labute approximate surface area is 588 Å². The van der Waals surface area contributed by atoms with Gasteiger partial charge >= 0.3 is 0 Å². The van der Waals surface area contributed by atoms with Crippen molar-refractivity contribution in [2.45, 2.75) is 239 Å². The number of amides is 11. The minimum absolute atomic E-state index is 0.0529. The van der Waals surface area contributed by atoms with E-state index in [1.54, 1.807) is 34.6 Å². The summed E-state index contributed by atoms with van der Waals surface area (Å²) in [5.41, 5.74) is -0.507. The molecule has 0 aromatic heterocycles. The Morgan fingerprint density at radius 2 is 1.03 bits per heavy atom. The second-order valence-corrected chi connectivity index (χ2v) is 31.3. The van der Waals surface area contributed by atoms with Crippen molar-refractivity contribution in [2.24, 2.45) is 47.3 Å². The van der Waals surface area contributed by atoms with Gasteiger partial charge in [-0.25, -0.2) is 0 Å². The van der Waals surface area contributed by atoms with Crippen molar-refractivity contribution in [1.29, 1.82) is 0 Å². The second-order valence-electron chi connectivity index (χ2n) is 30.0. The smallest absolute Gasteiger partial charge is 0.246 e. The van der Waals surface area contributed by atoms with Crippen molar-refractivity contribution in [1.82, 2.24) is 55.6 Å². The number of nitrogens with zero attached hydrogens (tertiary/aromatic N) is 7. The van der Waals surface area contributed by atoms with Gasteiger partial charge in [0.05, 0.1) is 19.3 Å². The molecule has 98 heavy (non-hydrogen) atoms. The van der Waals surface area contributed by atoms with E-state index in [0.29, 0.717) is 37.9 Å². The summed E-state index contributed by atoms with van der Waals surface area (Å²) in [6, 6.07) is -4.36. The first kappa shape index (κ1) is 83.9. The van der Waals surface area contributed by atoms with Crippen molar-refractivity contribution >= 4 is 76.7 Å². The number of likely N-dealkylation sites (N-methyl/N-ethyl adjacent to an activating group) is 7. The van der Waals surface area contributed by atoms with E-state index in [1.807, 2.05) is 86.6 Å². The lowest BCUT2D eigenvalue weighted by molar-refractivity contribution is -0.157. The Hall–Kier alpha value is -6.54. The molecular weight excluding hydrogens is 1270 g/mol. The van der Waals surface area contributed by atoms with Gasteiger partial charge in [0.25, 0.3) is 0 Å². The molecule has 3 aliphatic rings. The molecule has 0 radical (unpaired) electrons. The molecule has 0 aliphatic carbocycles. The third-order valence-corrected chi connectivity index (χ3v) is 20.2. The third kappa shape index (κ3) is 23.0. The number of benzene rings is 1. The average molecular weight is 1400 g/mol. The van der Waals surface area contributed by atoms with Crippen LogP contribution in [0, 0.1) is 47.3 Å². The highest BCUT2D eigenvalue weighted by atomic mass is 32.2. The van der Waals surface area contributed by atoms with Crippen LogP contribution >= 0.6 is 11.8 Å². The lowest BCUT2D eigenvalue weighted by Crippen LogP contribution is -2.63. The van der Waals surface area contributed by atoms with Crippen LogP contribution in [0.25, 0.3) is 0 Å². The van der Waals surface area contributed by atoms with Gasteiger partial charge in [0.1, 0.15) is 71.6 Å². The zero-order valence-electron chi connectivity index (χ0n) is 63.1. The summed E-state index contributed by atoms with van der Waals surface area (Å²) in [7, 11) is 10.2.